The van der Waals surface area contributed by atoms with Crippen LogP contribution in [0.25, 0.3) is 0 Å². The SMILES string of the molecule is CC(=O)NC1(C(=O)NC(C)(C)C)CC(CCB2OC(C)(C)C(C)(C)O2)CN(C(=O)OC(C)(C)C)C1. The first kappa shape index (κ1) is 29.4. The summed E-state index contributed by atoms with van der Waals surface area (Å²) in [6.45, 7) is 20.9. The van der Waals surface area contributed by atoms with E-state index in [0.29, 0.717) is 25.7 Å². The zero-order valence-electron chi connectivity index (χ0n) is 23.6. The lowest BCUT2D eigenvalue weighted by molar-refractivity contribution is -0.137. The predicted molar refractivity (Wildman–Crippen MR) is 136 cm³/mol. The van der Waals surface area contributed by atoms with Crippen molar-refractivity contribution in [1.29, 1.82) is 0 Å². The molecule has 0 saturated carbocycles. The largest absolute Gasteiger partial charge is 0.457 e. The van der Waals surface area contributed by atoms with Crippen molar-refractivity contribution < 1.29 is 28.4 Å². The number of ether oxygens (including phenoxy) is 1. The Bertz CT molecular complexity index is 801. The summed E-state index contributed by atoms with van der Waals surface area (Å²) < 4.78 is 17.9. The molecule has 0 aromatic heterocycles. The summed E-state index contributed by atoms with van der Waals surface area (Å²) in [5.41, 5.74) is -3.32. The highest BCUT2D eigenvalue weighted by molar-refractivity contribution is 6.45. The van der Waals surface area contributed by atoms with Gasteiger partial charge in [-0.05, 0) is 87.9 Å². The molecular formula is C25H46BN3O6. The number of hydrogen-bond acceptors (Lipinski definition) is 6. The van der Waals surface area contributed by atoms with E-state index in [1.807, 2.05) is 48.5 Å². The Balaban J connectivity index is 2.30. The second kappa shape index (κ2) is 9.92. The molecule has 2 heterocycles. The van der Waals surface area contributed by atoms with E-state index < -0.39 is 34.0 Å². The van der Waals surface area contributed by atoms with E-state index in [1.54, 1.807) is 25.7 Å². The first-order valence-electron chi connectivity index (χ1n) is 12.6. The molecule has 0 spiro atoms. The molecule has 35 heavy (non-hydrogen) atoms. The molecule has 0 aliphatic carbocycles. The van der Waals surface area contributed by atoms with Crippen LogP contribution in [0, 0.1) is 5.92 Å². The van der Waals surface area contributed by atoms with Crippen molar-refractivity contribution in [1.82, 2.24) is 15.5 Å². The summed E-state index contributed by atoms with van der Waals surface area (Å²) in [7, 11) is -0.379. The van der Waals surface area contributed by atoms with E-state index in [4.69, 9.17) is 14.0 Å². The van der Waals surface area contributed by atoms with Gasteiger partial charge in [0, 0.05) is 19.0 Å². The van der Waals surface area contributed by atoms with Gasteiger partial charge in [0.2, 0.25) is 11.8 Å². The van der Waals surface area contributed by atoms with Crippen molar-refractivity contribution in [2.75, 3.05) is 13.1 Å². The van der Waals surface area contributed by atoms with Gasteiger partial charge in [0.05, 0.1) is 17.7 Å². The van der Waals surface area contributed by atoms with Crippen LogP contribution in [0.2, 0.25) is 6.32 Å². The summed E-state index contributed by atoms with van der Waals surface area (Å²) in [4.78, 5) is 40.4. The normalized spacial score (nSPS) is 26.3. The average Bonchev–Trinajstić information content (AvgIpc) is 2.83. The van der Waals surface area contributed by atoms with Gasteiger partial charge >= 0.3 is 13.2 Å². The first-order valence-corrected chi connectivity index (χ1v) is 12.6. The Morgan fingerprint density at radius 1 is 1.03 bits per heavy atom. The van der Waals surface area contributed by atoms with Crippen LogP contribution in [0.5, 0.6) is 0 Å². The van der Waals surface area contributed by atoms with Gasteiger partial charge in [-0.25, -0.2) is 4.79 Å². The number of nitrogens with zero attached hydrogens (tertiary/aromatic N) is 1. The lowest BCUT2D eigenvalue weighted by Crippen LogP contribution is -2.69. The minimum Gasteiger partial charge on any atom is -0.444 e. The second-order valence-corrected chi connectivity index (χ2v) is 13.2. The van der Waals surface area contributed by atoms with Gasteiger partial charge in [0.25, 0.3) is 0 Å². The van der Waals surface area contributed by atoms with Crippen LogP contribution in [0.15, 0.2) is 0 Å². The van der Waals surface area contributed by atoms with E-state index in [1.165, 1.54) is 6.92 Å². The van der Waals surface area contributed by atoms with Crippen LogP contribution in [0.1, 0.15) is 89.0 Å². The Morgan fingerprint density at radius 3 is 2.03 bits per heavy atom. The third kappa shape index (κ3) is 7.84. The smallest absolute Gasteiger partial charge is 0.444 e. The average molecular weight is 495 g/mol. The number of rotatable bonds is 5. The zero-order chi connectivity index (χ0) is 27.0. The molecule has 0 aromatic rings. The molecule has 2 N–H and O–H groups in total. The van der Waals surface area contributed by atoms with E-state index in [9.17, 15) is 14.4 Å². The van der Waals surface area contributed by atoms with E-state index in [0.717, 1.165) is 0 Å². The molecule has 2 unspecified atom stereocenters. The molecule has 2 atom stereocenters. The van der Waals surface area contributed by atoms with Gasteiger partial charge in [-0.15, -0.1) is 0 Å². The molecule has 2 aliphatic rings. The molecular weight excluding hydrogens is 449 g/mol. The number of carbonyl (C=O) groups excluding carboxylic acids is 3. The van der Waals surface area contributed by atoms with Gasteiger partial charge in [-0.3, -0.25) is 9.59 Å². The highest BCUT2D eigenvalue weighted by atomic mass is 16.7. The Hall–Kier alpha value is -1.81. The summed E-state index contributed by atoms with van der Waals surface area (Å²) in [5, 5.41) is 5.89. The van der Waals surface area contributed by atoms with Crippen LogP contribution < -0.4 is 10.6 Å². The number of carbonyl (C=O) groups is 3. The first-order chi connectivity index (χ1) is 15.6. The molecule has 10 heteroatoms. The molecule has 2 aliphatic heterocycles. The van der Waals surface area contributed by atoms with Crippen LogP contribution >= 0.6 is 0 Å². The van der Waals surface area contributed by atoms with E-state index >= 15 is 0 Å². The molecule has 2 rings (SSSR count). The van der Waals surface area contributed by atoms with Crippen molar-refractivity contribution in [2.24, 2.45) is 5.92 Å². The zero-order valence-corrected chi connectivity index (χ0v) is 23.6. The number of hydrogen-bond donors (Lipinski definition) is 2. The van der Waals surface area contributed by atoms with Crippen molar-refractivity contribution in [3.63, 3.8) is 0 Å². The van der Waals surface area contributed by atoms with Gasteiger partial charge in [0.1, 0.15) is 11.1 Å². The Kier molecular flexibility index (Phi) is 8.34. The van der Waals surface area contributed by atoms with Crippen molar-refractivity contribution in [2.45, 2.75) is 123 Å². The highest BCUT2D eigenvalue weighted by Crippen LogP contribution is 2.39. The van der Waals surface area contributed by atoms with Gasteiger partial charge < -0.3 is 29.6 Å². The third-order valence-electron chi connectivity index (χ3n) is 6.68. The van der Waals surface area contributed by atoms with Crippen LogP contribution in [0.3, 0.4) is 0 Å². The molecule has 0 aromatic carbocycles. The quantitative estimate of drug-likeness (QED) is 0.566. The number of piperidine rings is 1. The maximum atomic E-state index is 13.5. The second-order valence-electron chi connectivity index (χ2n) is 13.2. The molecule has 9 nitrogen and oxygen atoms in total. The maximum Gasteiger partial charge on any atom is 0.457 e. The minimum absolute atomic E-state index is 0.0381. The molecule has 2 fully saturated rings. The summed E-state index contributed by atoms with van der Waals surface area (Å²) in [6, 6.07) is 0. The topological polar surface area (TPSA) is 106 Å². The van der Waals surface area contributed by atoms with Crippen LogP contribution in [0.4, 0.5) is 4.79 Å². The molecule has 200 valence electrons. The predicted octanol–water partition coefficient (Wildman–Crippen LogP) is 3.52. The fourth-order valence-corrected chi connectivity index (χ4v) is 4.55. The maximum absolute atomic E-state index is 13.5. The Morgan fingerprint density at radius 2 is 1.57 bits per heavy atom. The van der Waals surface area contributed by atoms with Gasteiger partial charge in [-0.1, -0.05) is 6.42 Å². The van der Waals surface area contributed by atoms with Gasteiger partial charge in [0.15, 0.2) is 0 Å². The summed E-state index contributed by atoms with van der Waals surface area (Å²) in [6.07, 6.45) is 1.15. The lowest BCUT2D eigenvalue weighted by Gasteiger charge is -2.46. The number of amides is 3. The lowest BCUT2D eigenvalue weighted by atomic mass is 9.74. The van der Waals surface area contributed by atoms with E-state index in [2.05, 4.69) is 10.6 Å². The minimum atomic E-state index is -1.27. The van der Waals surface area contributed by atoms with Crippen molar-refractivity contribution in [3.05, 3.63) is 0 Å². The summed E-state index contributed by atoms with van der Waals surface area (Å²) >= 11 is 0. The molecule has 2 saturated heterocycles. The highest BCUT2D eigenvalue weighted by Gasteiger charge is 2.52. The molecule has 3 amide bonds. The fraction of sp³-hybridized carbons (Fsp3) is 0.880. The Labute approximate surface area is 211 Å². The monoisotopic (exact) mass is 495 g/mol. The van der Waals surface area contributed by atoms with Crippen molar-refractivity contribution in [3.8, 4) is 0 Å². The fourth-order valence-electron chi connectivity index (χ4n) is 4.55. The van der Waals surface area contributed by atoms with E-state index in [-0.39, 0.29) is 31.4 Å². The van der Waals surface area contributed by atoms with Crippen LogP contribution in [-0.2, 0) is 23.6 Å². The van der Waals surface area contributed by atoms with Crippen LogP contribution in [-0.4, -0.2) is 70.9 Å². The third-order valence-corrected chi connectivity index (χ3v) is 6.68. The van der Waals surface area contributed by atoms with Crippen molar-refractivity contribution >= 4 is 25.0 Å². The number of likely N-dealkylation sites (tertiary alicyclic amines) is 1. The molecule has 0 bridgehead atoms. The van der Waals surface area contributed by atoms with Gasteiger partial charge in [-0.2, -0.15) is 0 Å². The standard InChI is InChI=1S/C25H46BN3O6/c1-17(30)27-25(19(31)28-21(2,3)4)14-18(15-29(16-25)20(32)33-22(5,6)7)12-13-26-34-23(8,9)24(10,11)35-26/h18H,12-16H2,1-11H3,(H,27,30)(H,28,31). The molecule has 0 radical (unpaired) electrons. The number of nitrogens with one attached hydrogen (secondary N) is 2. The summed E-state index contributed by atoms with van der Waals surface area (Å²) in [5.74, 6) is -0.716.